The number of hydrogen-bond acceptors (Lipinski definition) is 3. The van der Waals surface area contributed by atoms with Crippen molar-refractivity contribution in [2.45, 2.75) is 33.6 Å². The first kappa shape index (κ1) is 19.5. The van der Waals surface area contributed by atoms with Crippen LogP contribution in [0.5, 0.6) is 0 Å². The van der Waals surface area contributed by atoms with E-state index in [0.717, 1.165) is 5.39 Å². The molecule has 144 valence electrons. The number of hydrogen-bond donors (Lipinski definition) is 2. The second-order valence-corrected chi connectivity index (χ2v) is 7.69. The summed E-state index contributed by atoms with van der Waals surface area (Å²) in [5.41, 5.74) is 1.89. The molecule has 3 aromatic rings. The molecule has 2 N–H and O–H groups in total. The summed E-state index contributed by atoms with van der Waals surface area (Å²) in [5.74, 6) is -0.335. The fourth-order valence-electron chi connectivity index (χ4n) is 2.83. The molecule has 0 saturated carbocycles. The number of fused-ring (bicyclic) bond motifs is 1. The number of pyridine rings is 1. The Kier molecular flexibility index (Phi) is 5.45. The molecule has 0 aliphatic carbocycles. The van der Waals surface area contributed by atoms with E-state index in [1.165, 1.54) is 5.56 Å². The van der Waals surface area contributed by atoms with Gasteiger partial charge in [-0.2, -0.15) is 0 Å². The lowest BCUT2D eigenvalue weighted by atomic mass is 9.90. The Hall–Kier alpha value is -3.21. The summed E-state index contributed by atoms with van der Waals surface area (Å²) < 4.78 is 0. The fourth-order valence-corrected chi connectivity index (χ4v) is 2.83. The lowest BCUT2D eigenvalue weighted by molar-refractivity contribution is -0.135. The number of carbonyl (C=O) groups is 2. The Bertz CT molecular complexity index is 1000. The molecule has 0 spiro atoms. The molecule has 2 aromatic carbocycles. The number of benzene rings is 2. The lowest BCUT2D eigenvalue weighted by Crippen LogP contribution is -2.41. The van der Waals surface area contributed by atoms with Crippen LogP contribution in [0.25, 0.3) is 10.9 Å². The Morgan fingerprint density at radius 1 is 0.893 bits per heavy atom. The summed E-state index contributed by atoms with van der Waals surface area (Å²) >= 11 is 0. The number of rotatable bonds is 5. The highest BCUT2D eigenvalue weighted by molar-refractivity contribution is 6.15. The fraction of sp³-hybridized carbons (Fsp3) is 0.261. The zero-order valence-electron chi connectivity index (χ0n) is 16.6. The SMILES string of the molecule is CC(C)c1ccc(NC(=O)C(C)(C)C(=O)Nc2cccc3cccnc23)cc1. The first-order valence-corrected chi connectivity index (χ1v) is 9.35. The Balaban J connectivity index is 1.75. The van der Waals surface area contributed by atoms with Crippen molar-refractivity contribution in [2.24, 2.45) is 5.41 Å². The van der Waals surface area contributed by atoms with E-state index in [2.05, 4.69) is 29.5 Å². The highest BCUT2D eigenvalue weighted by atomic mass is 16.2. The molecule has 1 heterocycles. The average Bonchev–Trinajstić information content (AvgIpc) is 2.68. The zero-order valence-corrected chi connectivity index (χ0v) is 16.6. The maximum Gasteiger partial charge on any atom is 0.239 e. The van der Waals surface area contributed by atoms with Crippen molar-refractivity contribution in [1.82, 2.24) is 4.98 Å². The summed E-state index contributed by atoms with van der Waals surface area (Å²) in [6, 6.07) is 17.0. The molecular formula is C23H25N3O2. The van der Waals surface area contributed by atoms with Gasteiger partial charge in [0.25, 0.3) is 0 Å². The molecule has 0 atom stereocenters. The maximum atomic E-state index is 12.9. The minimum atomic E-state index is -1.26. The van der Waals surface area contributed by atoms with Gasteiger partial charge in [0.2, 0.25) is 11.8 Å². The van der Waals surface area contributed by atoms with Gasteiger partial charge in [-0.15, -0.1) is 0 Å². The van der Waals surface area contributed by atoms with Crippen LogP contribution in [0.1, 0.15) is 39.2 Å². The van der Waals surface area contributed by atoms with Gasteiger partial charge in [0.15, 0.2) is 0 Å². The molecular weight excluding hydrogens is 350 g/mol. The molecule has 5 heteroatoms. The third-order valence-corrected chi connectivity index (χ3v) is 4.85. The first-order valence-electron chi connectivity index (χ1n) is 9.35. The van der Waals surface area contributed by atoms with Crippen LogP contribution in [0.2, 0.25) is 0 Å². The number of anilines is 2. The average molecular weight is 375 g/mol. The summed E-state index contributed by atoms with van der Waals surface area (Å²) in [6.45, 7) is 7.45. The van der Waals surface area contributed by atoms with Gasteiger partial charge in [-0.05, 0) is 49.6 Å². The molecule has 2 amide bonds. The van der Waals surface area contributed by atoms with Crippen molar-refractivity contribution in [3.8, 4) is 0 Å². The van der Waals surface area contributed by atoms with E-state index in [1.54, 1.807) is 26.1 Å². The first-order chi connectivity index (χ1) is 13.3. The van der Waals surface area contributed by atoms with Crippen LogP contribution < -0.4 is 10.6 Å². The largest absolute Gasteiger partial charge is 0.325 e. The second kappa shape index (κ2) is 7.80. The van der Waals surface area contributed by atoms with Crippen LogP contribution in [-0.2, 0) is 9.59 Å². The topological polar surface area (TPSA) is 71.1 Å². The van der Waals surface area contributed by atoms with Crippen LogP contribution in [0.4, 0.5) is 11.4 Å². The van der Waals surface area contributed by atoms with Crippen molar-refractivity contribution >= 4 is 34.1 Å². The smallest absolute Gasteiger partial charge is 0.239 e. The van der Waals surface area contributed by atoms with E-state index in [1.807, 2.05) is 48.5 Å². The Morgan fingerprint density at radius 2 is 1.54 bits per heavy atom. The van der Waals surface area contributed by atoms with Crippen LogP contribution in [0.3, 0.4) is 0 Å². The quantitative estimate of drug-likeness (QED) is 0.619. The molecule has 0 unspecified atom stereocenters. The molecule has 0 fully saturated rings. The Morgan fingerprint density at radius 3 is 2.21 bits per heavy atom. The molecule has 0 aliphatic rings. The number of aromatic nitrogens is 1. The number of amides is 2. The minimum absolute atomic E-state index is 0.365. The minimum Gasteiger partial charge on any atom is -0.325 e. The summed E-state index contributed by atoms with van der Waals surface area (Å²) in [4.78, 5) is 29.9. The molecule has 1 aromatic heterocycles. The van der Waals surface area contributed by atoms with E-state index in [0.29, 0.717) is 22.8 Å². The normalized spacial score (nSPS) is 11.5. The number of carbonyl (C=O) groups excluding carboxylic acids is 2. The van der Waals surface area contributed by atoms with Gasteiger partial charge in [0, 0.05) is 17.3 Å². The van der Waals surface area contributed by atoms with Crippen molar-refractivity contribution in [1.29, 1.82) is 0 Å². The van der Waals surface area contributed by atoms with Crippen LogP contribution in [0, 0.1) is 5.41 Å². The molecule has 0 radical (unpaired) electrons. The van der Waals surface area contributed by atoms with Gasteiger partial charge < -0.3 is 10.6 Å². The van der Waals surface area contributed by atoms with Crippen LogP contribution in [-0.4, -0.2) is 16.8 Å². The van der Waals surface area contributed by atoms with Crippen molar-refractivity contribution in [2.75, 3.05) is 10.6 Å². The van der Waals surface area contributed by atoms with Crippen LogP contribution in [0.15, 0.2) is 60.8 Å². The van der Waals surface area contributed by atoms with E-state index in [4.69, 9.17) is 0 Å². The third-order valence-electron chi connectivity index (χ3n) is 4.85. The van der Waals surface area contributed by atoms with Gasteiger partial charge in [-0.25, -0.2) is 0 Å². The van der Waals surface area contributed by atoms with Gasteiger partial charge in [-0.3, -0.25) is 14.6 Å². The van der Waals surface area contributed by atoms with Crippen LogP contribution >= 0.6 is 0 Å². The van der Waals surface area contributed by atoms with Crippen molar-refractivity contribution in [3.05, 3.63) is 66.4 Å². The Labute approximate surface area is 165 Å². The number of para-hydroxylation sites is 1. The predicted molar refractivity (Wildman–Crippen MR) is 113 cm³/mol. The van der Waals surface area contributed by atoms with Gasteiger partial charge in [0.05, 0.1) is 11.2 Å². The maximum absolute atomic E-state index is 12.9. The van der Waals surface area contributed by atoms with Gasteiger partial charge >= 0.3 is 0 Å². The van der Waals surface area contributed by atoms with Crippen molar-refractivity contribution < 1.29 is 9.59 Å². The van der Waals surface area contributed by atoms with E-state index < -0.39 is 5.41 Å². The van der Waals surface area contributed by atoms with E-state index >= 15 is 0 Å². The third kappa shape index (κ3) is 4.03. The highest BCUT2D eigenvalue weighted by Gasteiger charge is 2.36. The van der Waals surface area contributed by atoms with E-state index in [9.17, 15) is 9.59 Å². The molecule has 0 bridgehead atoms. The summed E-state index contributed by atoms with van der Waals surface area (Å²) in [7, 11) is 0. The monoisotopic (exact) mass is 375 g/mol. The van der Waals surface area contributed by atoms with Gasteiger partial charge in [0.1, 0.15) is 5.41 Å². The van der Waals surface area contributed by atoms with E-state index in [-0.39, 0.29) is 11.8 Å². The molecule has 3 rings (SSSR count). The predicted octanol–water partition coefficient (Wildman–Crippen LogP) is 4.96. The van der Waals surface area contributed by atoms with Crippen molar-refractivity contribution in [3.63, 3.8) is 0 Å². The zero-order chi connectivity index (χ0) is 20.3. The molecule has 28 heavy (non-hydrogen) atoms. The number of nitrogens with zero attached hydrogens (tertiary/aromatic N) is 1. The molecule has 5 nitrogen and oxygen atoms in total. The summed E-state index contributed by atoms with van der Waals surface area (Å²) in [6.07, 6.45) is 1.68. The highest BCUT2D eigenvalue weighted by Crippen LogP contribution is 2.26. The molecule has 0 saturated heterocycles. The standard InChI is InChI=1S/C23H25N3O2/c1-15(2)16-10-12-18(13-11-16)25-21(27)23(3,4)22(28)26-19-9-5-7-17-8-6-14-24-20(17)19/h5-15H,1-4H3,(H,25,27)(H,26,28). The second-order valence-electron chi connectivity index (χ2n) is 7.69. The molecule has 0 aliphatic heterocycles. The number of nitrogens with one attached hydrogen (secondary N) is 2. The summed E-state index contributed by atoms with van der Waals surface area (Å²) in [5, 5.41) is 6.61. The lowest BCUT2D eigenvalue weighted by Gasteiger charge is -2.23. The van der Waals surface area contributed by atoms with Gasteiger partial charge in [-0.1, -0.05) is 44.2 Å².